The third-order valence-electron chi connectivity index (χ3n) is 4.24. The van der Waals surface area contributed by atoms with Gasteiger partial charge in [-0.25, -0.2) is 4.39 Å². The highest BCUT2D eigenvalue weighted by atomic mass is 32.2. The van der Waals surface area contributed by atoms with Gasteiger partial charge in [0.2, 0.25) is 5.91 Å². The molecule has 1 unspecified atom stereocenters. The summed E-state index contributed by atoms with van der Waals surface area (Å²) in [5.41, 5.74) is 1.66. The predicted octanol–water partition coefficient (Wildman–Crippen LogP) is 5.21. The first kappa shape index (κ1) is 21.4. The van der Waals surface area contributed by atoms with Gasteiger partial charge in [-0.05, 0) is 67.6 Å². The van der Waals surface area contributed by atoms with Crippen LogP contribution in [0.1, 0.15) is 17.3 Å². The minimum Gasteiger partial charge on any atom is -0.497 e. The van der Waals surface area contributed by atoms with Crippen molar-refractivity contribution in [3.63, 3.8) is 0 Å². The van der Waals surface area contributed by atoms with Gasteiger partial charge in [-0.1, -0.05) is 6.07 Å². The Balaban J connectivity index is 1.55. The molecule has 3 aromatic rings. The summed E-state index contributed by atoms with van der Waals surface area (Å²) in [6.45, 7) is 1.82. The molecule has 2 N–H and O–H groups in total. The van der Waals surface area contributed by atoms with Gasteiger partial charge < -0.3 is 15.4 Å². The molecule has 3 rings (SSSR count). The molecule has 1 atom stereocenters. The maximum Gasteiger partial charge on any atom is 0.255 e. The Morgan fingerprint density at radius 2 is 1.63 bits per heavy atom. The van der Waals surface area contributed by atoms with E-state index in [1.165, 1.54) is 36.0 Å². The minimum atomic E-state index is -0.391. The number of carbonyl (C=O) groups excluding carboxylic acids is 2. The molecule has 0 saturated heterocycles. The fraction of sp³-hybridized carbons (Fsp3) is 0.130. The molecule has 5 nitrogen and oxygen atoms in total. The number of amides is 2. The van der Waals surface area contributed by atoms with E-state index in [4.69, 9.17) is 4.74 Å². The lowest BCUT2D eigenvalue weighted by Crippen LogP contribution is -2.22. The van der Waals surface area contributed by atoms with E-state index in [9.17, 15) is 14.0 Å². The molecule has 0 aliphatic heterocycles. The third-order valence-corrected chi connectivity index (χ3v) is 5.35. The largest absolute Gasteiger partial charge is 0.497 e. The van der Waals surface area contributed by atoms with E-state index in [0.29, 0.717) is 22.7 Å². The Bertz CT molecular complexity index is 1020. The van der Waals surface area contributed by atoms with Crippen molar-refractivity contribution in [1.82, 2.24) is 0 Å². The first-order chi connectivity index (χ1) is 14.4. The summed E-state index contributed by atoms with van der Waals surface area (Å²) >= 11 is 1.41. The van der Waals surface area contributed by atoms with Crippen LogP contribution >= 0.6 is 11.8 Å². The number of methoxy groups -OCH3 is 1. The summed E-state index contributed by atoms with van der Waals surface area (Å²) in [4.78, 5) is 25.5. The lowest BCUT2D eigenvalue weighted by molar-refractivity contribution is -0.115. The summed E-state index contributed by atoms with van der Waals surface area (Å²) in [6.07, 6.45) is 0. The van der Waals surface area contributed by atoms with Crippen LogP contribution in [-0.2, 0) is 4.79 Å². The van der Waals surface area contributed by atoms with Crippen LogP contribution in [0.2, 0.25) is 0 Å². The molecule has 2 amide bonds. The number of benzene rings is 3. The van der Waals surface area contributed by atoms with Crippen molar-refractivity contribution in [1.29, 1.82) is 0 Å². The Morgan fingerprint density at radius 1 is 0.933 bits per heavy atom. The smallest absolute Gasteiger partial charge is 0.255 e. The zero-order chi connectivity index (χ0) is 21.5. The average Bonchev–Trinajstić information content (AvgIpc) is 2.75. The first-order valence-electron chi connectivity index (χ1n) is 9.23. The molecule has 0 radical (unpaired) electrons. The van der Waals surface area contributed by atoms with E-state index >= 15 is 0 Å². The Labute approximate surface area is 178 Å². The van der Waals surface area contributed by atoms with Crippen molar-refractivity contribution in [2.45, 2.75) is 17.1 Å². The summed E-state index contributed by atoms with van der Waals surface area (Å²) in [5, 5.41) is 5.31. The minimum absolute atomic E-state index is 0.123. The van der Waals surface area contributed by atoms with Gasteiger partial charge in [-0.2, -0.15) is 0 Å². The summed E-state index contributed by atoms with van der Waals surface area (Å²) in [7, 11) is 1.57. The second kappa shape index (κ2) is 9.93. The summed E-state index contributed by atoms with van der Waals surface area (Å²) in [5.74, 6) is -0.160. The predicted molar refractivity (Wildman–Crippen MR) is 118 cm³/mol. The lowest BCUT2D eigenvalue weighted by Gasteiger charge is -2.13. The summed E-state index contributed by atoms with van der Waals surface area (Å²) in [6, 6.07) is 19.7. The topological polar surface area (TPSA) is 67.4 Å². The van der Waals surface area contributed by atoms with Gasteiger partial charge in [0, 0.05) is 27.9 Å². The van der Waals surface area contributed by atoms with Crippen molar-refractivity contribution in [3.05, 3.63) is 84.2 Å². The van der Waals surface area contributed by atoms with Crippen molar-refractivity contribution >= 4 is 35.0 Å². The van der Waals surface area contributed by atoms with Crippen LogP contribution in [0.25, 0.3) is 0 Å². The fourth-order valence-corrected chi connectivity index (χ4v) is 3.49. The molecule has 0 aliphatic carbocycles. The normalized spacial score (nSPS) is 11.4. The summed E-state index contributed by atoms with van der Waals surface area (Å²) < 4.78 is 18.1. The van der Waals surface area contributed by atoms with Gasteiger partial charge in [0.05, 0.1) is 12.4 Å². The number of rotatable bonds is 7. The van der Waals surface area contributed by atoms with E-state index in [-0.39, 0.29) is 17.1 Å². The molecule has 7 heteroatoms. The number of ether oxygens (including phenoxy) is 1. The van der Waals surface area contributed by atoms with Crippen molar-refractivity contribution < 1.29 is 18.7 Å². The van der Waals surface area contributed by atoms with Gasteiger partial charge in [-0.15, -0.1) is 11.8 Å². The molecule has 0 spiro atoms. The molecule has 0 aliphatic rings. The van der Waals surface area contributed by atoms with Crippen molar-refractivity contribution in [2.75, 3.05) is 17.7 Å². The second-order valence-corrected chi connectivity index (χ2v) is 7.88. The molecule has 0 heterocycles. The Kier molecular flexibility index (Phi) is 7.08. The van der Waals surface area contributed by atoms with Crippen LogP contribution in [0.3, 0.4) is 0 Å². The highest BCUT2D eigenvalue weighted by molar-refractivity contribution is 8.00. The van der Waals surface area contributed by atoms with Crippen LogP contribution in [0, 0.1) is 5.82 Å². The number of hydrogen-bond acceptors (Lipinski definition) is 4. The highest BCUT2D eigenvalue weighted by Crippen LogP contribution is 2.26. The number of thioether (sulfide) groups is 1. The highest BCUT2D eigenvalue weighted by Gasteiger charge is 2.15. The molecule has 3 aromatic carbocycles. The van der Waals surface area contributed by atoms with E-state index in [1.807, 2.05) is 31.2 Å². The second-order valence-electron chi connectivity index (χ2n) is 6.47. The number of anilines is 2. The molecule has 154 valence electrons. The molecule has 0 fully saturated rings. The van der Waals surface area contributed by atoms with E-state index in [0.717, 1.165) is 4.90 Å². The molecule has 0 aromatic heterocycles. The molecule has 0 saturated carbocycles. The van der Waals surface area contributed by atoms with Gasteiger partial charge in [0.25, 0.3) is 5.91 Å². The third kappa shape index (κ3) is 5.84. The SMILES string of the molecule is COc1cccc(NC(=O)C(C)Sc2ccc(NC(=O)c3ccc(F)cc3)cc2)c1. The first-order valence-corrected chi connectivity index (χ1v) is 10.1. The number of hydrogen-bond donors (Lipinski definition) is 2. The fourth-order valence-electron chi connectivity index (χ4n) is 2.62. The number of nitrogens with one attached hydrogen (secondary N) is 2. The maximum absolute atomic E-state index is 13.0. The maximum atomic E-state index is 13.0. The van der Waals surface area contributed by atoms with Crippen LogP contribution in [0.5, 0.6) is 5.75 Å². The van der Waals surface area contributed by atoms with Gasteiger partial charge in [0.15, 0.2) is 0 Å². The van der Waals surface area contributed by atoms with Gasteiger partial charge in [-0.3, -0.25) is 9.59 Å². The van der Waals surface area contributed by atoms with Gasteiger partial charge in [0.1, 0.15) is 11.6 Å². The lowest BCUT2D eigenvalue weighted by atomic mass is 10.2. The molecule has 30 heavy (non-hydrogen) atoms. The Hall–Kier alpha value is -3.32. The van der Waals surface area contributed by atoms with Crippen LogP contribution in [0.15, 0.2) is 77.7 Å². The molecular formula is C23H21FN2O3S. The van der Waals surface area contributed by atoms with Gasteiger partial charge >= 0.3 is 0 Å². The van der Waals surface area contributed by atoms with E-state index < -0.39 is 5.82 Å². The quantitative estimate of drug-likeness (QED) is 0.511. The zero-order valence-electron chi connectivity index (χ0n) is 16.5. The van der Waals surface area contributed by atoms with Crippen LogP contribution in [0.4, 0.5) is 15.8 Å². The van der Waals surface area contributed by atoms with Crippen LogP contribution < -0.4 is 15.4 Å². The molecule has 0 bridgehead atoms. The van der Waals surface area contributed by atoms with E-state index in [2.05, 4.69) is 10.6 Å². The average molecular weight is 424 g/mol. The number of carbonyl (C=O) groups is 2. The molecular weight excluding hydrogens is 403 g/mol. The number of halogens is 1. The van der Waals surface area contributed by atoms with Crippen molar-refractivity contribution in [3.8, 4) is 5.75 Å². The monoisotopic (exact) mass is 424 g/mol. The van der Waals surface area contributed by atoms with Crippen LogP contribution in [-0.4, -0.2) is 24.2 Å². The van der Waals surface area contributed by atoms with E-state index in [1.54, 1.807) is 31.4 Å². The Morgan fingerprint density at radius 3 is 2.30 bits per heavy atom. The van der Waals surface area contributed by atoms with Crippen molar-refractivity contribution in [2.24, 2.45) is 0 Å². The zero-order valence-corrected chi connectivity index (χ0v) is 17.3. The standard InChI is InChI=1S/C23H21FN2O3S/c1-15(22(27)26-19-4-3-5-20(14-19)29-2)30-21-12-10-18(11-13-21)25-23(28)16-6-8-17(24)9-7-16/h3-15H,1-2H3,(H,25,28)(H,26,27).